The standard InChI is InChI=1S/C16H13ClN4O2S/c1-23-10-5-2-4-9(8-10)18-16(24)21-20-14-11-6-3-7-12(17)13(11)19-15(14)22/h2-8,19,22H,1H3,(H,18,24). The fraction of sp³-hybridized carbons (Fsp3) is 0.0625. The number of azo groups is 1. The van der Waals surface area contributed by atoms with Crippen LogP contribution in [0.4, 0.5) is 11.4 Å². The van der Waals surface area contributed by atoms with Crippen molar-refractivity contribution in [2.75, 3.05) is 12.4 Å². The smallest absolute Gasteiger partial charge is 0.218 e. The summed E-state index contributed by atoms with van der Waals surface area (Å²) in [5, 5.41) is 22.2. The monoisotopic (exact) mass is 360 g/mol. The van der Waals surface area contributed by atoms with E-state index in [1.807, 2.05) is 18.2 Å². The summed E-state index contributed by atoms with van der Waals surface area (Å²) in [6, 6.07) is 12.5. The van der Waals surface area contributed by atoms with Crippen molar-refractivity contribution in [2.45, 2.75) is 0 Å². The average molecular weight is 361 g/mol. The van der Waals surface area contributed by atoms with Crippen molar-refractivity contribution in [1.29, 1.82) is 0 Å². The Hall–Kier alpha value is -2.64. The maximum atomic E-state index is 9.98. The number of aromatic nitrogens is 1. The molecule has 0 bridgehead atoms. The molecule has 0 saturated carbocycles. The molecule has 122 valence electrons. The van der Waals surface area contributed by atoms with Gasteiger partial charge in [0.15, 0.2) is 5.69 Å². The lowest BCUT2D eigenvalue weighted by Crippen LogP contribution is -2.04. The summed E-state index contributed by atoms with van der Waals surface area (Å²) >= 11 is 11.2. The summed E-state index contributed by atoms with van der Waals surface area (Å²) in [5.41, 5.74) is 1.60. The van der Waals surface area contributed by atoms with Crippen molar-refractivity contribution >= 4 is 51.2 Å². The summed E-state index contributed by atoms with van der Waals surface area (Å²) in [5.74, 6) is 0.578. The normalized spacial score (nSPS) is 11.1. The first-order chi connectivity index (χ1) is 11.6. The number of halogens is 1. The van der Waals surface area contributed by atoms with Gasteiger partial charge in [-0.1, -0.05) is 29.8 Å². The number of ether oxygens (including phenoxy) is 1. The van der Waals surface area contributed by atoms with Crippen LogP contribution in [0.25, 0.3) is 10.9 Å². The number of aromatic hydroxyl groups is 1. The van der Waals surface area contributed by atoms with Crippen LogP contribution in [0.5, 0.6) is 11.6 Å². The van der Waals surface area contributed by atoms with Gasteiger partial charge in [0, 0.05) is 17.1 Å². The van der Waals surface area contributed by atoms with E-state index >= 15 is 0 Å². The van der Waals surface area contributed by atoms with Crippen molar-refractivity contribution in [2.24, 2.45) is 10.2 Å². The highest BCUT2D eigenvalue weighted by molar-refractivity contribution is 7.80. The number of hydrogen-bond acceptors (Lipinski definition) is 4. The van der Waals surface area contributed by atoms with Gasteiger partial charge in [-0.05, 0) is 30.4 Å². The Morgan fingerprint density at radius 1 is 1.29 bits per heavy atom. The van der Waals surface area contributed by atoms with E-state index in [0.717, 1.165) is 5.69 Å². The maximum Gasteiger partial charge on any atom is 0.218 e. The molecule has 1 aromatic heterocycles. The quantitative estimate of drug-likeness (QED) is 0.452. The van der Waals surface area contributed by atoms with Crippen molar-refractivity contribution in [1.82, 2.24) is 4.98 Å². The van der Waals surface area contributed by atoms with Crippen LogP contribution in [-0.4, -0.2) is 22.3 Å². The van der Waals surface area contributed by atoms with Crippen molar-refractivity contribution in [3.8, 4) is 11.6 Å². The highest BCUT2D eigenvalue weighted by Gasteiger charge is 2.12. The van der Waals surface area contributed by atoms with Gasteiger partial charge < -0.3 is 20.1 Å². The Morgan fingerprint density at radius 3 is 2.88 bits per heavy atom. The van der Waals surface area contributed by atoms with Crippen LogP contribution in [0, 0.1) is 0 Å². The molecule has 1 heterocycles. The van der Waals surface area contributed by atoms with Gasteiger partial charge in [0.2, 0.25) is 11.0 Å². The lowest BCUT2D eigenvalue weighted by Gasteiger charge is -2.05. The molecular weight excluding hydrogens is 348 g/mol. The third kappa shape index (κ3) is 3.32. The molecule has 2 aromatic carbocycles. The number of nitrogens with one attached hydrogen (secondary N) is 2. The number of fused-ring (bicyclic) bond motifs is 1. The van der Waals surface area contributed by atoms with Gasteiger partial charge in [0.05, 0.1) is 17.6 Å². The van der Waals surface area contributed by atoms with Crippen molar-refractivity contribution < 1.29 is 9.84 Å². The molecule has 8 heteroatoms. The second kappa shape index (κ2) is 6.86. The average Bonchev–Trinajstić information content (AvgIpc) is 2.90. The van der Waals surface area contributed by atoms with Gasteiger partial charge in [-0.25, -0.2) is 0 Å². The van der Waals surface area contributed by atoms with Crippen molar-refractivity contribution in [3.63, 3.8) is 0 Å². The molecule has 0 aliphatic rings. The Labute approximate surface area is 148 Å². The minimum absolute atomic E-state index is 0.119. The molecule has 3 aromatic rings. The molecule has 3 rings (SSSR count). The number of benzene rings is 2. The number of nitrogens with zero attached hydrogens (tertiary/aromatic N) is 2. The van der Waals surface area contributed by atoms with E-state index in [0.29, 0.717) is 21.7 Å². The topological polar surface area (TPSA) is 82.0 Å². The van der Waals surface area contributed by atoms with Crippen LogP contribution < -0.4 is 10.1 Å². The number of hydrogen-bond donors (Lipinski definition) is 3. The predicted molar refractivity (Wildman–Crippen MR) is 98.7 cm³/mol. The van der Waals surface area contributed by atoms with Crippen LogP contribution in [0.3, 0.4) is 0 Å². The SMILES string of the molecule is COc1cccc(NC(=S)N=Nc2c(O)[nH]c3c(Cl)cccc23)c1. The predicted octanol–water partition coefficient (Wildman–Crippen LogP) is 5.02. The third-order valence-corrected chi connectivity index (χ3v) is 3.80. The van der Waals surface area contributed by atoms with Gasteiger partial charge in [-0.2, -0.15) is 0 Å². The van der Waals surface area contributed by atoms with E-state index < -0.39 is 0 Å². The molecule has 24 heavy (non-hydrogen) atoms. The van der Waals surface area contributed by atoms with E-state index in [-0.39, 0.29) is 16.7 Å². The van der Waals surface area contributed by atoms with Gasteiger partial charge >= 0.3 is 0 Å². The van der Waals surface area contributed by atoms with E-state index in [4.69, 9.17) is 28.6 Å². The first kappa shape index (κ1) is 16.2. The first-order valence-corrected chi connectivity index (χ1v) is 7.73. The second-order valence-corrected chi connectivity index (χ2v) is 5.64. The van der Waals surface area contributed by atoms with Crippen molar-refractivity contribution in [3.05, 3.63) is 47.5 Å². The van der Waals surface area contributed by atoms with Crippen LogP contribution in [0.15, 0.2) is 52.7 Å². The number of H-pyrrole nitrogens is 1. The van der Waals surface area contributed by atoms with E-state index in [1.54, 1.807) is 31.4 Å². The number of rotatable bonds is 3. The van der Waals surface area contributed by atoms with Gasteiger partial charge in [-0.3, -0.25) is 0 Å². The molecule has 0 saturated heterocycles. The number of aromatic amines is 1. The molecule has 3 N–H and O–H groups in total. The van der Waals surface area contributed by atoms with Gasteiger partial charge in [0.25, 0.3) is 0 Å². The molecule has 0 amide bonds. The number of para-hydroxylation sites is 1. The third-order valence-electron chi connectivity index (χ3n) is 3.30. The highest BCUT2D eigenvalue weighted by Crippen LogP contribution is 2.38. The Kier molecular flexibility index (Phi) is 4.64. The zero-order chi connectivity index (χ0) is 17.1. The van der Waals surface area contributed by atoms with Crippen LogP contribution >= 0.6 is 23.8 Å². The van der Waals surface area contributed by atoms with Gasteiger partial charge in [-0.15, -0.1) is 10.2 Å². The van der Waals surface area contributed by atoms with E-state index in [1.165, 1.54) is 0 Å². The Morgan fingerprint density at radius 2 is 2.08 bits per heavy atom. The molecular formula is C16H13ClN4O2S. The van der Waals surface area contributed by atoms with E-state index in [2.05, 4.69) is 20.5 Å². The number of thiocarbonyl (C=S) groups is 1. The van der Waals surface area contributed by atoms with Crippen LogP contribution in [0.2, 0.25) is 5.02 Å². The first-order valence-electron chi connectivity index (χ1n) is 6.94. The largest absolute Gasteiger partial charge is 0.497 e. The fourth-order valence-electron chi connectivity index (χ4n) is 2.20. The summed E-state index contributed by atoms with van der Waals surface area (Å²) in [4.78, 5) is 2.77. The molecule has 0 fully saturated rings. The molecule has 0 aliphatic heterocycles. The van der Waals surface area contributed by atoms with Gasteiger partial charge in [0.1, 0.15) is 5.75 Å². The second-order valence-electron chi connectivity index (χ2n) is 4.85. The van der Waals surface area contributed by atoms with E-state index in [9.17, 15) is 5.11 Å². The summed E-state index contributed by atoms with van der Waals surface area (Å²) in [6.45, 7) is 0. The molecule has 0 aliphatic carbocycles. The zero-order valence-electron chi connectivity index (χ0n) is 12.6. The Bertz CT molecular complexity index is 939. The van der Waals surface area contributed by atoms with Crippen LogP contribution in [0.1, 0.15) is 0 Å². The molecule has 6 nitrogen and oxygen atoms in total. The maximum absolute atomic E-state index is 9.98. The minimum Gasteiger partial charge on any atom is -0.497 e. The highest BCUT2D eigenvalue weighted by atomic mass is 35.5. The fourth-order valence-corrected chi connectivity index (χ4v) is 2.58. The van der Waals surface area contributed by atoms with Crippen LogP contribution in [-0.2, 0) is 0 Å². The molecule has 0 unspecified atom stereocenters. The summed E-state index contributed by atoms with van der Waals surface area (Å²) < 4.78 is 5.14. The lowest BCUT2D eigenvalue weighted by molar-refractivity contribution is 0.415. The molecule has 0 spiro atoms. The zero-order valence-corrected chi connectivity index (χ0v) is 14.1. The minimum atomic E-state index is -0.119. The lowest BCUT2D eigenvalue weighted by atomic mass is 10.2. The summed E-state index contributed by atoms with van der Waals surface area (Å²) in [6.07, 6.45) is 0. The number of methoxy groups -OCH3 is 1. The Balaban J connectivity index is 1.82. The molecule has 0 radical (unpaired) electrons. The number of anilines is 1. The summed E-state index contributed by atoms with van der Waals surface area (Å²) in [7, 11) is 1.59. The molecule has 0 atom stereocenters.